The van der Waals surface area contributed by atoms with Crippen LogP contribution in [0.1, 0.15) is 24.5 Å². The summed E-state index contributed by atoms with van der Waals surface area (Å²) in [7, 11) is -3.73. The van der Waals surface area contributed by atoms with Gasteiger partial charge in [-0.3, -0.25) is 9.10 Å². The molecule has 0 aliphatic carbocycles. The fraction of sp³-hybridized carbons (Fsp3) is 0.316. The normalized spacial score (nSPS) is 12.5. The van der Waals surface area contributed by atoms with Crippen LogP contribution in [0.5, 0.6) is 0 Å². The summed E-state index contributed by atoms with van der Waals surface area (Å²) in [6.07, 6.45) is 1.29. The first-order valence-electron chi connectivity index (χ1n) is 8.27. The minimum absolute atomic E-state index is 0.0180. The number of benzene rings is 2. The van der Waals surface area contributed by atoms with Gasteiger partial charge in [0, 0.05) is 0 Å². The van der Waals surface area contributed by atoms with Gasteiger partial charge in [-0.1, -0.05) is 25.1 Å². The molecule has 7 heteroatoms. The Balaban J connectivity index is 2.43. The molecule has 0 radical (unpaired) electrons. The number of rotatable bonds is 6. The minimum atomic E-state index is -3.73. The lowest BCUT2D eigenvalue weighted by Gasteiger charge is -2.30. The van der Waals surface area contributed by atoms with E-state index in [2.05, 4.69) is 5.32 Å². The maximum atomic E-state index is 13.8. The maximum absolute atomic E-state index is 13.8. The number of amides is 1. The first kappa shape index (κ1) is 19.9. The van der Waals surface area contributed by atoms with Gasteiger partial charge in [0.05, 0.1) is 17.6 Å². The van der Waals surface area contributed by atoms with Crippen molar-refractivity contribution < 1.29 is 17.6 Å². The van der Waals surface area contributed by atoms with Gasteiger partial charge < -0.3 is 5.32 Å². The summed E-state index contributed by atoms with van der Waals surface area (Å²) in [5, 5.41) is 2.49. The highest BCUT2D eigenvalue weighted by Crippen LogP contribution is 2.26. The van der Waals surface area contributed by atoms with E-state index in [1.165, 1.54) is 18.2 Å². The summed E-state index contributed by atoms with van der Waals surface area (Å²) in [4.78, 5) is 12.7. The van der Waals surface area contributed by atoms with Crippen molar-refractivity contribution in [3.8, 4) is 0 Å². The summed E-state index contributed by atoms with van der Waals surface area (Å²) >= 11 is 0. The molecule has 0 saturated heterocycles. The first-order valence-corrected chi connectivity index (χ1v) is 10.1. The van der Waals surface area contributed by atoms with Crippen LogP contribution in [0.3, 0.4) is 0 Å². The average Bonchev–Trinajstić information content (AvgIpc) is 2.56. The molecule has 0 saturated carbocycles. The highest BCUT2D eigenvalue weighted by atomic mass is 32.2. The molecular formula is C19H23FN2O3S. The second kappa shape index (κ2) is 7.86. The molecule has 26 heavy (non-hydrogen) atoms. The number of nitrogens with zero attached hydrogens (tertiary/aromatic N) is 1. The summed E-state index contributed by atoms with van der Waals surface area (Å²) < 4.78 is 39.8. The van der Waals surface area contributed by atoms with Crippen LogP contribution in [0.15, 0.2) is 42.5 Å². The third-order valence-electron chi connectivity index (χ3n) is 4.21. The van der Waals surface area contributed by atoms with Crippen molar-refractivity contribution in [2.24, 2.45) is 0 Å². The molecule has 0 aromatic heterocycles. The lowest BCUT2D eigenvalue weighted by molar-refractivity contribution is -0.117. The second-order valence-corrected chi connectivity index (χ2v) is 8.08. The molecular weight excluding hydrogens is 355 g/mol. The molecule has 2 aromatic carbocycles. The Kier molecular flexibility index (Phi) is 6.02. The zero-order valence-electron chi connectivity index (χ0n) is 15.3. The molecule has 2 aromatic rings. The van der Waals surface area contributed by atoms with E-state index in [1.807, 2.05) is 19.9 Å². The van der Waals surface area contributed by atoms with E-state index < -0.39 is 27.8 Å². The number of carbonyl (C=O) groups excluding carboxylic acids is 1. The number of para-hydroxylation sites is 1. The third kappa shape index (κ3) is 4.40. The topological polar surface area (TPSA) is 66.5 Å². The monoisotopic (exact) mass is 378 g/mol. The van der Waals surface area contributed by atoms with Gasteiger partial charge in [-0.2, -0.15) is 0 Å². The van der Waals surface area contributed by atoms with Crippen molar-refractivity contribution in [3.05, 3.63) is 59.4 Å². The molecule has 1 unspecified atom stereocenters. The summed E-state index contributed by atoms with van der Waals surface area (Å²) in [5.41, 5.74) is 2.36. The predicted octanol–water partition coefficient (Wildman–Crippen LogP) is 3.63. The van der Waals surface area contributed by atoms with E-state index in [-0.39, 0.29) is 12.1 Å². The van der Waals surface area contributed by atoms with Gasteiger partial charge in [0.2, 0.25) is 15.9 Å². The van der Waals surface area contributed by atoms with Crippen LogP contribution in [0, 0.1) is 19.7 Å². The molecule has 1 atom stereocenters. The Morgan fingerprint density at radius 1 is 1.15 bits per heavy atom. The van der Waals surface area contributed by atoms with E-state index in [4.69, 9.17) is 0 Å². The molecule has 0 aliphatic rings. The molecule has 2 rings (SSSR count). The number of aryl methyl sites for hydroxylation is 2. The third-order valence-corrected chi connectivity index (χ3v) is 5.39. The fourth-order valence-corrected chi connectivity index (χ4v) is 3.91. The Morgan fingerprint density at radius 3 is 2.35 bits per heavy atom. The summed E-state index contributed by atoms with van der Waals surface area (Å²) in [6.45, 7) is 5.51. The van der Waals surface area contributed by atoms with Gasteiger partial charge in [0.15, 0.2) is 0 Å². The van der Waals surface area contributed by atoms with E-state index in [1.54, 1.807) is 25.1 Å². The SMILES string of the molecule is CCC(C(=O)Nc1ccccc1F)N(c1ccc(C)c(C)c1)S(C)(=O)=O. The Bertz CT molecular complexity index is 913. The van der Waals surface area contributed by atoms with Gasteiger partial charge in [0.1, 0.15) is 11.9 Å². The number of anilines is 2. The standard InChI is InChI=1S/C19H23FN2O3S/c1-5-18(19(23)21-17-9-7-6-8-16(17)20)22(26(4,24)25)15-11-10-13(2)14(3)12-15/h6-12,18H,5H2,1-4H3,(H,21,23). The van der Waals surface area contributed by atoms with Crippen LogP contribution in [0.4, 0.5) is 15.8 Å². The van der Waals surface area contributed by atoms with Gasteiger partial charge in [-0.25, -0.2) is 12.8 Å². The van der Waals surface area contributed by atoms with Gasteiger partial charge in [-0.05, 0) is 55.7 Å². The van der Waals surface area contributed by atoms with Crippen LogP contribution in [-0.4, -0.2) is 26.6 Å². The lowest BCUT2D eigenvalue weighted by atomic mass is 10.1. The lowest BCUT2D eigenvalue weighted by Crippen LogP contribution is -2.47. The van der Waals surface area contributed by atoms with Crippen LogP contribution in [0.25, 0.3) is 0 Å². The van der Waals surface area contributed by atoms with Gasteiger partial charge in [0.25, 0.3) is 0 Å². The van der Waals surface area contributed by atoms with Crippen LogP contribution in [-0.2, 0) is 14.8 Å². The predicted molar refractivity (Wildman–Crippen MR) is 102 cm³/mol. The Hall–Kier alpha value is -2.41. The zero-order valence-corrected chi connectivity index (χ0v) is 16.1. The molecule has 1 amide bonds. The molecule has 0 spiro atoms. The van der Waals surface area contributed by atoms with Gasteiger partial charge in [-0.15, -0.1) is 0 Å². The number of halogens is 1. The highest BCUT2D eigenvalue weighted by molar-refractivity contribution is 7.92. The van der Waals surface area contributed by atoms with Crippen LogP contribution < -0.4 is 9.62 Å². The van der Waals surface area contributed by atoms with E-state index in [0.717, 1.165) is 21.7 Å². The number of carbonyl (C=O) groups is 1. The summed E-state index contributed by atoms with van der Waals surface area (Å²) in [5.74, 6) is -1.16. The highest BCUT2D eigenvalue weighted by Gasteiger charge is 2.32. The van der Waals surface area contributed by atoms with E-state index in [9.17, 15) is 17.6 Å². The molecule has 5 nitrogen and oxygen atoms in total. The van der Waals surface area contributed by atoms with Crippen molar-refractivity contribution in [2.75, 3.05) is 15.9 Å². The van der Waals surface area contributed by atoms with Crippen molar-refractivity contribution in [3.63, 3.8) is 0 Å². The summed E-state index contributed by atoms with van der Waals surface area (Å²) in [6, 6.07) is 9.99. The minimum Gasteiger partial charge on any atom is -0.322 e. The fourth-order valence-electron chi connectivity index (χ4n) is 2.70. The zero-order chi connectivity index (χ0) is 19.5. The molecule has 0 fully saturated rings. The average molecular weight is 378 g/mol. The smallest absolute Gasteiger partial charge is 0.248 e. The first-order chi connectivity index (χ1) is 12.1. The van der Waals surface area contributed by atoms with Gasteiger partial charge >= 0.3 is 0 Å². The number of sulfonamides is 1. The second-order valence-electron chi connectivity index (χ2n) is 6.22. The molecule has 1 N–H and O–H groups in total. The van der Waals surface area contributed by atoms with E-state index in [0.29, 0.717) is 5.69 Å². The Morgan fingerprint density at radius 2 is 1.81 bits per heavy atom. The number of nitrogens with one attached hydrogen (secondary N) is 1. The molecule has 0 aliphatic heterocycles. The number of hydrogen-bond acceptors (Lipinski definition) is 3. The maximum Gasteiger partial charge on any atom is 0.248 e. The van der Waals surface area contributed by atoms with Crippen LogP contribution >= 0.6 is 0 Å². The van der Waals surface area contributed by atoms with Crippen LogP contribution in [0.2, 0.25) is 0 Å². The largest absolute Gasteiger partial charge is 0.322 e. The molecule has 0 heterocycles. The Labute approximate surface area is 153 Å². The van der Waals surface area contributed by atoms with Crippen molar-refractivity contribution in [1.82, 2.24) is 0 Å². The molecule has 0 bridgehead atoms. The molecule has 140 valence electrons. The van der Waals surface area contributed by atoms with Crippen molar-refractivity contribution in [1.29, 1.82) is 0 Å². The van der Waals surface area contributed by atoms with Crippen molar-refractivity contribution in [2.45, 2.75) is 33.2 Å². The van der Waals surface area contributed by atoms with Crippen molar-refractivity contribution >= 4 is 27.3 Å². The number of hydrogen-bond donors (Lipinski definition) is 1. The van der Waals surface area contributed by atoms with E-state index >= 15 is 0 Å². The quantitative estimate of drug-likeness (QED) is 0.835.